The van der Waals surface area contributed by atoms with E-state index in [1.54, 1.807) is 0 Å². The summed E-state index contributed by atoms with van der Waals surface area (Å²) in [5.74, 6) is 1.61. The minimum atomic E-state index is 0.430. The zero-order chi connectivity index (χ0) is 9.78. The van der Waals surface area contributed by atoms with Crippen LogP contribution in [0.2, 0.25) is 0 Å². The molecule has 12 heavy (non-hydrogen) atoms. The lowest BCUT2D eigenvalue weighted by atomic mass is 9.76. The number of rotatable bonds is 5. The van der Waals surface area contributed by atoms with E-state index in [-0.39, 0.29) is 0 Å². The fraction of sp³-hybridized carbons (Fsp3) is 1.00. The van der Waals surface area contributed by atoms with E-state index in [4.69, 9.17) is 0 Å². The van der Waals surface area contributed by atoms with E-state index in [0.29, 0.717) is 5.41 Å². The maximum atomic E-state index is 3.26. The van der Waals surface area contributed by atoms with Crippen LogP contribution in [0.5, 0.6) is 0 Å². The van der Waals surface area contributed by atoms with Crippen LogP contribution in [0.3, 0.4) is 0 Å². The summed E-state index contributed by atoms with van der Waals surface area (Å²) in [5, 5.41) is 3.26. The van der Waals surface area contributed by atoms with Gasteiger partial charge in [0.25, 0.3) is 0 Å². The van der Waals surface area contributed by atoms with Gasteiger partial charge in [-0.05, 0) is 30.7 Å². The smallest absolute Gasteiger partial charge is 0.000206 e. The van der Waals surface area contributed by atoms with Crippen LogP contribution < -0.4 is 5.32 Å². The van der Waals surface area contributed by atoms with Crippen molar-refractivity contribution in [3.05, 3.63) is 0 Å². The highest BCUT2D eigenvalue weighted by atomic mass is 14.8. The van der Waals surface area contributed by atoms with Gasteiger partial charge in [0.15, 0.2) is 0 Å². The summed E-state index contributed by atoms with van der Waals surface area (Å²) in [6.07, 6.45) is 1.33. The molecular weight excluding hydrogens is 146 g/mol. The van der Waals surface area contributed by atoms with Crippen molar-refractivity contribution >= 4 is 0 Å². The van der Waals surface area contributed by atoms with Gasteiger partial charge in [-0.15, -0.1) is 0 Å². The molecule has 0 radical (unpaired) electrons. The fourth-order valence-corrected chi connectivity index (χ4v) is 1.66. The van der Waals surface area contributed by atoms with E-state index in [2.05, 4.69) is 39.9 Å². The average Bonchev–Trinajstić information content (AvgIpc) is 1.85. The van der Waals surface area contributed by atoms with E-state index in [1.807, 2.05) is 7.05 Å². The lowest BCUT2D eigenvalue weighted by Gasteiger charge is -2.32. The Morgan fingerprint density at radius 2 is 1.67 bits per heavy atom. The Morgan fingerprint density at radius 1 is 1.17 bits per heavy atom. The quantitative estimate of drug-likeness (QED) is 0.670. The van der Waals surface area contributed by atoms with Gasteiger partial charge in [-0.1, -0.05) is 34.6 Å². The first-order valence-corrected chi connectivity index (χ1v) is 5.04. The van der Waals surface area contributed by atoms with Crippen molar-refractivity contribution in [3.8, 4) is 0 Å². The summed E-state index contributed by atoms with van der Waals surface area (Å²) in [6, 6.07) is 0. The van der Waals surface area contributed by atoms with E-state index >= 15 is 0 Å². The van der Waals surface area contributed by atoms with Crippen LogP contribution in [0, 0.1) is 17.3 Å². The van der Waals surface area contributed by atoms with Crippen molar-refractivity contribution in [2.45, 2.75) is 41.0 Å². The molecule has 1 unspecified atom stereocenters. The molecule has 0 saturated heterocycles. The van der Waals surface area contributed by atoms with Gasteiger partial charge in [0.05, 0.1) is 0 Å². The second-order valence-electron chi connectivity index (χ2n) is 5.05. The first kappa shape index (κ1) is 12.0. The van der Waals surface area contributed by atoms with Crippen molar-refractivity contribution in [2.24, 2.45) is 17.3 Å². The van der Waals surface area contributed by atoms with Gasteiger partial charge in [-0.3, -0.25) is 0 Å². The Labute approximate surface area is 77.9 Å². The topological polar surface area (TPSA) is 12.0 Å². The molecule has 1 N–H and O–H groups in total. The van der Waals surface area contributed by atoms with Gasteiger partial charge in [0.2, 0.25) is 0 Å². The molecule has 0 saturated carbocycles. The Bertz CT molecular complexity index is 116. The van der Waals surface area contributed by atoms with E-state index in [0.717, 1.165) is 18.4 Å². The van der Waals surface area contributed by atoms with Crippen LogP contribution in [0.4, 0.5) is 0 Å². The third kappa shape index (κ3) is 4.10. The molecule has 1 nitrogen and oxygen atoms in total. The minimum Gasteiger partial charge on any atom is -0.319 e. The van der Waals surface area contributed by atoms with Gasteiger partial charge in [0, 0.05) is 6.54 Å². The van der Waals surface area contributed by atoms with Gasteiger partial charge in [-0.25, -0.2) is 0 Å². The van der Waals surface area contributed by atoms with Gasteiger partial charge in [0.1, 0.15) is 0 Å². The fourth-order valence-electron chi connectivity index (χ4n) is 1.66. The molecule has 0 bridgehead atoms. The lowest BCUT2D eigenvalue weighted by molar-refractivity contribution is 0.196. The first-order chi connectivity index (χ1) is 5.40. The minimum absolute atomic E-state index is 0.430. The van der Waals surface area contributed by atoms with Crippen LogP contribution in [-0.4, -0.2) is 13.6 Å². The van der Waals surface area contributed by atoms with Crippen molar-refractivity contribution in [1.82, 2.24) is 5.32 Å². The molecule has 0 fully saturated rings. The standard InChI is InChI=1S/C11H25N/c1-9(2)7-10(3)11(4,5)8-12-6/h9-10,12H,7-8H2,1-6H3. The van der Waals surface area contributed by atoms with Crippen molar-refractivity contribution in [3.63, 3.8) is 0 Å². The summed E-state index contributed by atoms with van der Waals surface area (Å²) in [7, 11) is 2.03. The molecule has 1 heteroatoms. The van der Waals surface area contributed by atoms with Gasteiger partial charge >= 0.3 is 0 Å². The highest BCUT2D eigenvalue weighted by Gasteiger charge is 2.25. The zero-order valence-electron chi connectivity index (χ0n) is 9.57. The Hall–Kier alpha value is -0.0400. The normalized spacial score (nSPS) is 15.2. The highest BCUT2D eigenvalue weighted by molar-refractivity contribution is 4.77. The summed E-state index contributed by atoms with van der Waals surface area (Å²) in [6.45, 7) is 12.8. The summed E-state index contributed by atoms with van der Waals surface area (Å²) in [4.78, 5) is 0. The first-order valence-electron chi connectivity index (χ1n) is 5.04. The molecule has 0 aromatic heterocycles. The molecular formula is C11H25N. The van der Waals surface area contributed by atoms with Crippen LogP contribution in [0.25, 0.3) is 0 Å². The second-order valence-corrected chi connectivity index (χ2v) is 5.05. The summed E-state index contributed by atoms with van der Waals surface area (Å²) < 4.78 is 0. The molecule has 74 valence electrons. The summed E-state index contributed by atoms with van der Waals surface area (Å²) >= 11 is 0. The Balaban J connectivity index is 3.96. The third-order valence-electron chi connectivity index (χ3n) is 2.79. The van der Waals surface area contributed by atoms with Gasteiger partial charge in [-0.2, -0.15) is 0 Å². The molecule has 0 aliphatic rings. The average molecular weight is 171 g/mol. The number of hydrogen-bond donors (Lipinski definition) is 1. The largest absolute Gasteiger partial charge is 0.319 e. The van der Waals surface area contributed by atoms with Crippen LogP contribution in [-0.2, 0) is 0 Å². The monoisotopic (exact) mass is 171 g/mol. The molecule has 1 atom stereocenters. The molecule has 0 aliphatic heterocycles. The second kappa shape index (κ2) is 4.86. The Morgan fingerprint density at radius 3 is 2.00 bits per heavy atom. The number of hydrogen-bond acceptors (Lipinski definition) is 1. The SMILES string of the molecule is CNCC(C)(C)C(C)CC(C)C. The molecule has 0 aromatic rings. The molecule has 0 rings (SSSR count). The van der Waals surface area contributed by atoms with Crippen LogP contribution in [0.1, 0.15) is 41.0 Å². The number of nitrogens with one attached hydrogen (secondary N) is 1. The lowest BCUT2D eigenvalue weighted by Crippen LogP contribution is -2.33. The molecule has 0 aliphatic carbocycles. The van der Waals surface area contributed by atoms with E-state index in [1.165, 1.54) is 6.42 Å². The highest BCUT2D eigenvalue weighted by Crippen LogP contribution is 2.30. The third-order valence-corrected chi connectivity index (χ3v) is 2.79. The van der Waals surface area contributed by atoms with E-state index < -0.39 is 0 Å². The van der Waals surface area contributed by atoms with Crippen molar-refractivity contribution in [2.75, 3.05) is 13.6 Å². The van der Waals surface area contributed by atoms with E-state index in [9.17, 15) is 0 Å². The van der Waals surface area contributed by atoms with Crippen LogP contribution >= 0.6 is 0 Å². The van der Waals surface area contributed by atoms with Crippen LogP contribution in [0.15, 0.2) is 0 Å². The molecule has 0 spiro atoms. The predicted molar refractivity (Wildman–Crippen MR) is 56.3 cm³/mol. The molecule has 0 amide bonds. The maximum Gasteiger partial charge on any atom is 0.000206 e. The molecule has 0 aromatic carbocycles. The Kier molecular flexibility index (Phi) is 4.84. The van der Waals surface area contributed by atoms with Gasteiger partial charge < -0.3 is 5.32 Å². The predicted octanol–water partition coefficient (Wildman–Crippen LogP) is 2.91. The van der Waals surface area contributed by atoms with Crippen molar-refractivity contribution < 1.29 is 0 Å². The summed E-state index contributed by atoms with van der Waals surface area (Å²) in [5.41, 5.74) is 0.430. The van der Waals surface area contributed by atoms with Crippen molar-refractivity contribution in [1.29, 1.82) is 0 Å². The molecule has 0 heterocycles. The maximum absolute atomic E-state index is 3.26. The zero-order valence-corrected chi connectivity index (χ0v) is 9.57.